The Hall–Kier alpha value is -1.01. The fourth-order valence-electron chi connectivity index (χ4n) is 0.702. The second-order valence-electron chi connectivity index (χ2n) is 2.69. The van der Waals surface area contributed by atoms with Crippen molar-refractivity contribution in [3.8, 4) is 0 Å². The van der Waals surface area contributed by atoms with Gasteiger partial charge in [-0.3, -0.25) is 4.79 Å². The van der Waals surface area contributed by atoms with Crippen LogP contribution in [0.15, 0.2) is 5.38 Å². The van der Waals surface area contributed by atoms with Crippen LogP contribution in [0.5, 0.6) is 0 Å². The van der Waals surface area contributed by atoms with Gasteiger partial charge >= 0.3 is 0 Å². The van der Waals surface area contributed by atoms with Gasteiger partial charge in [0, 0.05) is 18.0 Å². The molecule has 6 heteroatoms. The largest absolute Gasteiger partial charge is 0.349 e. The Labute approximate surface area is 80.7 Å². The number of nitrogens with one attached hydrogen (secondary N) is 2. The molecule has 1 aromatic rings. The van der Waals surface area contributed by atoms with Gasteiger partial charge in [0.25, 0.3) is 5.91 Å². The van der Waals surface area contributed by atoms with Gasteiger partial charge in [-0.25, -0.2) is 0 Å². The molecular formula is C7H12N4OS. The molecule has 0 fully saturated rings. The highest BCUT2D eigenvalue weighted by molar-refractivity contribution is 7.03. The fourth-order valence-corrected chi connectivity index (χ4v) is 1.14. The lowest BCUT2D eigenvalue weighted by Gasteiger charge is -2.09. The lowest BCUT2D eigenvalue weighted by atomic mass is 10.3. The van der Waals surface area contributed by atoms with E-state index in [1.54, 1.807) is 5.38 Å². The second-order valence-corrected chi connectivity index (χ2v) is 3.30. The minimum atomic E-state index is -0.171. The Bertz CT molecular complexity index is 261. The molecule has 0 aliphatic heterocycles. The van der Waals surface area contributed by atoms with Gasteiger partial charge in [-0.1, -0.05) is 4.49 Å². The van der Waals surface area contributed by atoms with Gasteiger partial charge in [-0.15, -0.1) is 5.10 Å². The van der Waals surface area contributed by atoms with Crippen molar-refractivity contribution >= 4 is 17.4 Å². The van der Waals surface area contributed by atoms with Crippen LogP contribution in [0.3, 0.4) is 0 Å². The van der Waals surface area contributed by atoms with E-state index in [4.69, 9.17) is 0 Å². The minimum absolute atomic E-state index is 0.171. The third-order valence-corrected chi connectivity index (χ3v) is 2.16. The number of nitrogens with zero attached hydrogens (tertiary/aromatic N) is 2. The van der Waals surface area contributed by atoms with E-state index >= 15 is 0 Å². The first-order valence-corrected chi connectivity index (χ1v) is 4.80. The summed E-state index contributed by atoms with van der Waals surface area (Å²) < 4.78 is 3.61. The molecule has 13 heavy (non-hydrogen) atoms. The summed E-state index contributed by atoms with van der Waals surface area (Å²) in [6.07, 6.45) is 0. The summed E-state index contributed by atoms with van der Waals surface area (Å²) in [5.41, 5.74) is 0.383. The summed E-state index contributed by atoms with van der Waals surface area (Å²) >= 11 is 1.17. The van der Waals surface area contributed by atoms with Crippen molar-refractivity contribution in [1.29, 1.82) is 0 Å². The summed E-state index contributed by atoms with van der Waals surface area (Å²) in [7, 11) is 1.85. The maximum atomic E-state index is 11.3. The van der Waals surface area contributed by atoms with Crippen molar-refractivity contribution < 1.29 is 4.79 Å². The summed E-state index contributed by atoms with van der Waals surface area (Å²) in [6, 6.07) is 0.260. The van der Waals surface area contributed by atoms with Crippen molar-refractivity contribution in [1.82, 2.24) is 20.2 Å². The number of carbonyl (C=O) groups excluding carboxylic acids is 1. The molecule has 0 aliphatic carbocycles. The molecule has 0 spiro atoms. The minimum Gasteiger partial charge on any atom is -0.349 e. The van der Waals surface area contributed by atoms with E-state index in [0.29, 0.717) is 12.2 Å². The first kappa shape index (κ1) is 10.1. The molecule has 0 saturated heterocycles. The van der Waals surface area contributed by atoms with E-state index in [2.05, 4.69) is 20.2 Å². The average Bonchev–Trinajstić information content (AvgIpc) is 2.66. The summed E-state index contributed by atoms with van der Waals surface area (Å²) in [6.45, 7) is 2.58. The molecular weight excluding hydrogens is 188 g/mol. The molecule has 0 aliphatic rings. The maximum absolute atomic E-state index is 11.3. The van der Waals surface area contributed by atoms with E-state index in [9.17, 15) is 4.79 Å². The normalized spacial score (nSPS) is 12.5. The molecule has 72 valence electrons. The SMILES string of the molecule is CNC(C)CNC(=O)c1csnn1. The lowest BCUT2D eigenvalue weighted by molar-refractivity contribution is 0.0945. The van der Waals surface area contributed by atoms with Crippen molar-refractivity contribution in [3.05, 3.63) is 11.1 Å². The van der Waals surface area contributed by atoms with Crippen molar-refractivity contribution in [3.63, 3.8) is 0 Å². The number of likely N-dealkylation sites (N-methyl/N-ethyl adjacent to an activating group) is 1. The van der Waals surface area contributed by atoms with Crippen molar-refractivity contribution in [2.45, 2.75) is 13.0 Å². The standard InChI is InChI=1S/C7H12N4OS/c1-5(8-2)3-9-7(12)6-4-13-11-10-6/h4-5,8H,3H2,1-2H3,(H,9,12). The predicted octanol–water partition coefficient (Wildman–Crippen LogP) is -0.124. The van der Waals surface area contributed by atoms with Crippen LogP contribution in [0, 0.1) is 0 Å². The van der Waals surface area contributed by atoms with Crippen LogP contribution in [0.4, 0.5) is 0 Å². The third kappa shape index (κ3) is 3.08. The Morgan fingerprint density at radius 1 is 1.77 bits per heavy atom. The lowest BCUT2D eigenvalue weighted by Crippen LogP contribution is -2.37. The fraction of sp³-hybridized carbons (Fsp3) is 0.571. The Kier molecular flexibility index (Phi) is 3.78. The smallest absolute Gasteiger partial charge is 0.272 e. The molecule has 1 heterocycles. The van der Waals surface area contributed by atoms with Gasteiger partial charge in [-0.05, 0) is 25.5 Å². The van der Waals surface area contributed by atoms with Gasteiger partial charge in [0.15, 0.2) is 5.69 Å². The third-order valence-electron chi connectivity index (χ3n) is 1.65. The molecule has 1 unspecified atom stereocenters. The van der Waals surface area contributed by atoms with Crippen LogP contribution >= 0.6 is 11.5 Å². The summed E-state index contributed by atoms with van der Waals surface area (Å²) in [5.74, 6) is -0.171. The highest BCUT2D eigenvalue weighted by atomic mass is 32.1. The molecule has 0 aromatic carbocycles. The van der Waals surface area contributed by atoms with Gasteiger partial charge in [0.05, 0.1) is 0 Å². The van der Waals surface area contributed by atoms with Crippen molar-refractivity contribution in [2.24, 2.45) is 0 Å². The zero-order chi connectivity index (χ0) is 9.68. The van der Waals surface area contributed by atoms with E-state index in [1.807, 2.05) is 14.0 Å². The predicted molar refractivity (Wildman–Crippen MR) is 50.8 cm³/mol. The van der Waals surface area contributed by atoms with Crippen LogP contribution in [-0.4, -0.2) is 35.1 Å². The number of hydrogen-bond acceptors (Lipinski definition) is 5. The summed E-state index contributed by atoms with van der Waals surface area (Å²) in [4.78, 5) is 11.3. The van der Waals surface area contributed by atoms with E-state index in [1.165, 1.54) is 11.5 Å². The molecule has 1 aromatic heterocycles. The van der Waals surface area contributed by atoms with Crippen LogP contribution in [-0.2, 0) is 0 Å². The van der Waals surface area contributed by atoms with Crippen LogP contribution in [0.25, 0.3) is 0 Å². The zero-order valence-electron chi connectivity index (χ0n) is 7.57. The molecule has 1 amide bonds. The molecule has 1 atom stereocenters. The molecule has 2 N–H and O–H groups in total. The maximum Gasteiger partial charge on any atom is 0.272 e. The second kappa shape index (κ2) is 4.88. The average molecular weight is 200 g/mol. The number of carbonyl (C=O) groups is 1. The first-order chi connectivity index (χ1) is 6.24. The van der Waals surface area contributed by atoms with Crippen molar-refractivity contribution in [2.75, 3.05) is 13.6 Å². The van der Waals surface area contributed by atoms with Crippen LogP contribution < -0.4 is 10.6 Å². The molecule has 0 radical (unpaired) electrons. The van der Waals surface area contributed by atoms with Crippen LogP contribution in [0.2, 0.25) is 0 Å². The number of rotatable bonds is 4. The molecule has 0 saturated carbocycles. The Morgan fingerprint density at radius 3 is 3.08 bits per heavy atom. The number of aromatic nitrogens is 2. The van der Waals surface area contributed by atoms with Gasteiger partial charge < -0.3 is 10.6 Å². The van der Waals surface area contributed by atoms with Gasteiger partial charge in [-0.2, -0.15) is 0 Å². The highest BCUT2D eigenvalue weighted by Crippen LogP contribution is 1.95. The Balaban J connectivity index is 2.35. The number of amides is 1. The van der Waals surface area contributed by atoms with Crippen LogP contribution in [0.1, 0.15) is 17.4 Å². The van der Waals surface area contributed by atoms with E-state index in [0.717, 1.165) is 0 Å². The molecule has 1 rings (SSSR count). The molecule has 0 bridgehead atoms. The quantitative estimate of drug-likeness (QED) is 0.711. The van der Waals surface area contributed by atoms with E-state index < -0.39 is 0 Å². The van der Waals surface area contributed by atoms with Gasteiger partial charge in [0.1, 0.15) is 0 Å². The Morgan fingerprint density at radius 2 is 2.54 bits per heavy atom. The molecule has 5 nitrogen and oxygen atoms in total. The monoisotopic (exact) mass is 200 g/mol. The first-order valence-electron chi connectivity index (χ1n) is 3.96. The number of hydrogen-bond donors (Lipinski definition) is 2. The topological polar surface area (TPSA) is 66.9 Å². The summed E-state index contributed by atoms with van der Waals surface area (Å²) in [5, 5.41) is 11.0. The highest BCUT2D eigenvalue weighted by Gasteiger charge is 2.08. The van der Waals surface area contributed by atoms with Gasteiger partial charge in [0.2, 0.25) is 0 Å². The van der Waals surface area contributed by atoms with E-state index in [-0.39, 0.29) is 11.9 Å². The zero-order valence-corrected chi connectivity index (χ0v) is 8.39.